The smallest absolute Gasteiger partial charge is 0.261 e. The molecule has 6 heteroatoms. The van der Waals surface area contributed by atoms with E-state index in [2.05, 4.69) is 20.5 Å². The molecule has 0 saturated heterocycles. The summed E-state index contributed by atoms with van der Waals surface area (Å²) < 4.78 is 0. The van der Waals surface area contributed by atoms with E-state index in [-0.39, 0.29) is 11.0 Å². The van der Waals surface area contributed by atoms with Crippen molar-refractivity contribution in [1.29, 1.82) is 0 Å². The van der Waals surface area contributed by atoms with Crippen molar-refractivity contribution in [3.05, 3.63) is 70.6 Å². The van der Waals surface area contributed by atoms with Crippen molar-refractivity contribution < 1.29 is 4.79 Å². The third-order valence-corrected chi connectivity index (χ3v) is 3.73. The van der Waals surface area contributed by atoms with E-state index in [4.69, 9.17) is 0 Å². The summed E-state index contributed by atoms with van der Waals surface area (Å²) in [7, 11) is 0. The zero-order valence-electron chi connectivity index (χ0n) is 12.0. The summed E-state index contributed by atoms with van der Waals surface area (Å²) in [6.45, 7) is 0. The average molecular weight is 304 g/mol. The van der Waals surface area contributed by atoms with Crippen LogP contribution in [-0.4, -0.2) is 21.1 Å². The SMILES string of the molecule is O=C(Nc1ccc2cn[nH]c2c1)c1c[nH]c2ccccc2c1=O. The van der Waals surface area contributed by atoms with Crippen LogP contribution in [0.1, 0.15) is 10.4 Å². The predicted molar refractivity (Wildman–Crippen MR) is 88.6 cm³/mol. The van der Waals surface area contributed by atoms with Crippen molar-refractivity contribution in [2.24, 2.45) is 0 Å². The lowest BCUT2D eigenvalue weighted by Gasteiger charge is -2.06. The van der Waals surface area contributed by atoms with Crippen molar-refractivity contribution in [2.45, 2.75) is 0 Å². The second-order valence-corrected chi connectivity index (χ2v) is 5.20. The maximum Gasteiger partial charge on any atom is 0.261 e. The van der Waals surface area contributed by atoms with Crippen LogP contribution in [0.4, 0.5) is 5.69 Å². The van der Waals surface area contributed by atoms with Gasteiger partial charge < -0.3 is 10.3 Å². The predicted octanol–water partition coefficient (Wildman–Crippen LogP) is 2.66. The average Bonchev–Trinajstić information content (AvgIpc) is 3.03. The third kappa shape index (κ3) is 2.26. The van der Waals surface area contributed by atoms with E-state index < -0.39 is 5.91 Å². The number of anilines is 1. The van der Waals surface area contributed by atoms with Gasteiger partial charge in [0, 0.05) is 28.2 Å². The van der Waals surface area contributed by atoms with Crippen LogP contribution >= 0.6 is 0 Å². The van der Waals surface area contributed by atoms with E-state index in [0.717, 1.165) is 10.9 Å². The van der Waals surface area contributed by atoms with Crippen LogP contribution in [0.5, 0.6) is 0 Å². The van der Waals surface area contributed by atoms with E-state index in [1.807, 2.05) is 12.1 Å². The maximum atomic E-state index is 12.4. The van der Waals surface area contributed by atoms with Crippen LogP contribution in [0.15, 0.2) is 59.7 Å². The minimum absolute atomic E-state index is 0.0772. The van der Waals surface area contributed by atoms with Crippen LogP contribution in [0.3, 0.4) is 0 Å². The molecule has 0 fully saturated rings. The lowest BCUT2D eigenvalue weighted by atomic mass is 10.1. The molecule has 0 aliphatic heterocycles. The van der Waals surface area contributed by atoms with Gasteiger partial charge in [-0.15, -0.1) is 0 Å². The Kier molecular flexibility index (Phi) is 2.94. The highest BCUT2D eigenvalue weighted by Gasteiger charge is 2.13. The van der Waals surface area contributed by atoms with Gasteiger partial charge in [0.25, 0.3) is 5.91 Å². The normalized spacial score (nSPS) is 11.0. The van der Waals surface area contributed by atoms with Crippen molar-refractivity contribution in [2.75, 3.05) is 5.32 Å². The van der Waals surface area contributed by atoms with Crippen LogP contribution in [0.25, 0.3) is 21.8 Å². The number of para-hydroxylation sites is 1. The van der Waals surface area contributed by atoms with Gasteiger partial charge in [0.05, 0.1) is 11.7 Å². The Balaban J connectivity index is 1.71. The number of benzene rings is 2. The Bertz CT molecular complexity index is 1090. The van der Waals surface area contributed by atoms with Crippen molar-refractivity contribution in [3.63, 3.8) is 0 Å². The Morgan fingerprint density at radius 2 is 1.96 bits per heavy atom. The van der Waals surface area contributed by atoms with Gasteiger partial charge in [0.15, 0.2) is 0 Å². The molecule has 4 rings (SSSR count). The number of amides is 1. The van der Waals surface area contributed by atoms with Gasteiger partial charge in [-0.25, -0.2) is 0 Å². The molecule has 3 N–H and O–H groups in total. The number of hydrogen-bond donors (Lipinski definition) is 3. The summed E-state index contributed by atoms with van der Waals surface area (Å²) in [6.07, 6.45) is 3.14. The molecule has 0 bridgehead atoms. The van der Waals surface area contributed by atoms with Crippen LogP contribution < -0.4 is 10.7 Å². The summed E-state index contributed by atoms with van der Waals surface area (Å²) in [5, 5.41) is 11.0. The molecular weight excluding hydrogens is 292 g/mol. The molecule has 0 spiro atoms. The first-order valence-electron chi connectivity index (χ1n) is 7.07. The maximum absolute atomic E-state index is 12.4. The number of aromatic amines is 2. The molecule has 1 amide bonds. The second-order valence-electron chi connectivity index (χ2n) is 5.20. The van der Waals surface area contributed by atoms with E-state index in [9.17, 15) is 9.59 Å². The first-order valence-corrected chi connectivity index (χ1v) is 7.07. The fraction of sp³-hybridized carbons (Fsp3) is 0. The summed E-state index contributed by atoms with van der Waals surface area (Å²) in [5.74, 6) is -0.448. The molecule has 0 saturated carbocycles. The first-order chi connectivity index (χ1) is 11.2. The number of carbonyl (C=O) groups excluding carboxylic acids is 1. The molecule has 4 aromatic rings. The van der Waals surface area contributed by atoms with Crippen LogP contribution in [0, 0.1) is 0 Å². The molecule has 23 heavy (non-hydrogen) atoms. The van der Waals surface area contributed by atoms with Gasteiger partial charge in [-0.1, -0.05) is 12.1 Å². The van der Waals surface area contributed by atoms with E-state index in [1.165, 1.54) is 6.20 Å². The number of carbonyl (C=O) groups is 1. The molecule has 0 aliphatic rings. The molecule has 0 aliphatic carbocycles. The summed E-state index contributed by atoms with van der Waals surface area (Å²) in [5.41, 5.74) is 1.90. The lowest BCUT2D eigenvalue weighted by molar-refractivity contribution is 0.102. The minimum Gasteiger partial charge on any atom is -0.360 e. The Labute approximate surface area is 130 Å². The van der Waals surface area contributed by atoms with E-state index >= 15 is 0 Å². The molecule has 6 nitrogen and oxygen atoms in total. The van der Waals surface area contributed by atoms with Gasteiger partial charge in [-0.3, -0.25) is 14.7 Å². The topological polar surface area (TPSA) is 90.6 Å². The summed E-state index contributed by atoms with van der Waals surface area (Å²) >= 11 is 0. The second kappa shape index (κ2) is 5.10. The number of aromatic nitrogens is 3. The molecule has 0 unspecified atom stereocenters. The number of rotatable bonds is 2. The van der Waals surface area contributed by atoms with Crippen LogP contribution in [0.2, 0.25) is 0 Å². The molecule has 0 atom stereocenters. The highest BCUT2D eigenvalue weighted by molar-refractivity contribution is 6.06. The number of H-pyrrole nitrogens is 2. The highest BCUT2D eigenvalue weighted by atomic mass is 16.2. The van der Waals surface area contributed by atoms with E-state index in [1.54, 1.807) is 36.5 Å². The molecule has 2 aromatic carbocycles. The molecule has 2 aromatic heterocycles. The Hall–Kier alpha value is -3.41. The fourth-order valence-electron chi connectivity index (χ4n) is 2.55. The molecular formula is C17H12N4O2. The third-order valence-electron chi connectivity index (χ3n) is 3.73. The largest absolute Gasteiger partial charge is 0.360 e. The standard InChI is InChI=1S/C17H12N4O2/c22-16-12-3-1-2-4-14(12)18-9-13(16)17(23)20-11-6-5-10-8-19-21-15(10)7-11/h1-9H,(H,18,22)(H,19,21)(H,20,23). The Morgan fingerprint density at radius 1 is 1.09 bits per heavy atom. The zero-order chi connectivity index (χ0) is 15.8. The summed E-state index contributed by atoms with van der Waals surface area (Å²) in [4.78, 5) is 27.8. The zero-order valence-corrected chi connectivity index (χ0v) is 12.0. The van der Waals surface area contributed by atoms with Gasteiger partial charge in [0.1, 0.15) is 5.56 Å². The van der Waals surface area contributed by atoms with Gasteiger partial charge >= 0.3 is 0 Å². The van der Waals surface area contributed by atoms with E-state index in [0.29, 0.717) is 16.6 Å². The molecule has 112 valence electrons. The van der Waals surface area contributed by atoms with Gasteiger partial charge in [-0.2, -0.15) is 5.10 Å². The first kappa shape index (κ1) is 13.3. The number of fused-ring (bicyclic) bond motifs is 2. The fourth-order valence-corrected chi connectivity index (χ4v) is 2.55. The van der Waals surface area contributed by atoms with Crippen molar-refractivity contribution in [3.8, 4) is 0 Å². The number of nitrogens with zero attached hydrogens (tertiary/aromatic N) is 1. The van der Waals surface area contributed by atoms with Crippen LogP contribution in [-0.2, 0) is 0 Å². The van der Waals surface area contributed by atoms with Gasteiger partial charge in [0.2, 0.25) is 5.43 Å². The number of nitrogens with one attached hydrogen (secondary N) is 3. The number of hydrogen-bond acceptors (Lipinski definition) is 3. The minimum atomic E-state index is -0.448. The van der Waals surface area contributed by atoms with Crippen molar-refractivity contribution >= 4 is 33.4 Å². The Morgan fingerprint density at radius 3 is 2.87 bits per heavy atom. The lowest BCUT2D eigenvalue weighted by Crippen LogP contribution is -2.21. The quantitative estimate of drug-likeness (QED) is 0.531. The van der Waals surface area contributed by atoms with Gasteiger partial charge in [-0.05, 0) is 30.3 Å². The number of pyridine rings is 1. The molecule has 0 radical (unpaired) electrons. The monoisotopic (exact) mass is 304 g/mol. The van der Waals surface area contributed by atoms with Crippen molar-refractivity contribution in [1.82, 2.24) is 15.2 Å². The summed E-state index contributed by atoms with van der Waals surface area (Å²) in [6, 6.07) is 12.5. The molecule has 2 heterocycles. The highest BCUT2D eigenvalue weighted by Crippen LogP contribution is 2.17.